The van der Waals surface area contributed by atoms with E-state index >= 15 is 0 Å². The van der Waals surface area contributed by atoms with E-state index in [0.717, 1.165) is 38.3 Å². The zero-order valence-electron chi connectivity index (χ0n) is 13.5. The smallest absolute Gasteiger partial charge is 0.317 e. The Morgan fingerprint density at radius 3 is 2.33 bits per heavy atom. The Morgan fingerprint density at radius 1 is 1.00 bits per heavy atom. The van der Waals surface area contributed by atoms with Crippen molar-refractivity contribution in [2.75, 3.05) is 26.2 Å². The van der Waals surface area contributed by atoms with Crippen LogP contribution in [0.5, 0.6) is 0 Å². The van der Waals surface area contributed by atoms with Gasteiger partial charge in [0, 0.05) is 56.7 Å². The number of rotatable bonds is 4. The number of nitrogens with zero attached hydrogens (tertiary/aromatic N) is 3. The summed E-state index contributed by atoms with van der Waals surface area (Å²) >= 11 is 5.86. The van der Waals surface area contributed by atoms with E-state index in [1.165, 1.54) is 5.56 Å². The van der Waals surface area contributed by atoms with Gasteiger partial charge >= 0.3 is 6.03 Å². The Bertz CT molecular complexity index is 654. The molecule has 2 heterocycles. The van der Waals surface area contributed by atoms with E-state index < -0.39 is 0 Å². The fourth-order valence-electron chi connectivity index (χ4n) is 2.75. The predicted octanol–water partition coefficient (Wildman–Crippen LogP) is 2.76. The number of hydrogen-bond donors (Lipinski definition) is 1. The standard InChI is InChI=1S/C18H21ClN4O/c19-17-3-1-15(2-4-17)13-21-18(24)23-11-9-22(10-12-23)14-16-5-7-20-8-6-16/h1-8H,9-14H2,(H,21,24). The minimum absolute atomic E-state index is 0.00601. The van der Waals surface area contributed by atoms with E-state index in [4.69, 9.17) is 11.6 Å². The fraction of sp³-hybridized carbons (Fsp3) is 0.333. The lowest BCUT2D eigenvalue weighted by atomic mass is 10.2. The summed E-state index contributed by atoms with van der Waals surface area (Å²) in [4.78, 5) is 20.5. The molecule has 2 amide bonds. The van der Waals surface area contributed by atoms with Gasteiger partial charge in [0.25, 0.3) is 0 Å². The molecule has 2 aromatic rings. The van der Waals surface area contributed by atoms with E-state index in [9.17, 15) is 4.79 Å². The van der Waals surface area contributed by atoms with Crippen molar-refractivity contribution in [2.24, 2.45) is 0 Å². The molecule has 0 spiro atoms. The van der Waals surface area contributed by atoms with Gasteiger partial charge in [-0.3, -0.25) is 9.88 Å². The lowest BCUT2D eigenvalue weighted by Gasteiger charge is -2.34. The van der Waals surface area contributed by atoms with E-state index in [0.29, 0.717) is 11.6 Å². The second-order valence-corrected chi connectivity index (χ2v) is 6.34. The molecule has 0 saturated carbocycles. The zero-order chi connectivity index (χ0) is 16.8. The second kappa shape index (κ2) is 8.13. The number of pyridine rings is 1. The fourth-order valence-corrected chi connectivity index (χ4v) is 2.87. The highest BCUT2D eigenvalue weighted by Gasteiger charge is 2.20. The predicted molar refractivity (Wildman–Crippen MR) is 94.8 cm³/mol. The number of aromatic nitrogens is 1. The molecule has 1 N–H and O–H groups in total. The largest absolute Gasteiger partial charge is 0.334 e. The molecular weight excluding hydrogens is 324 g/mol. The molecule has 24 heavy (non-hydrogen) atoms. The molecule has 0 unspecified atom stereocenters. The van der Waals surface area contributed by atoms with Crippen molar-refractivity contribution in [3.8, 4) is 0 Å². The highest BCUT2D eigenvalue weighted by atomic mass is 35.5. The maximum Gasteiger partial charge on any atom is 0.317 e. The molecule has 0 radical (unpaired) electrons. The summed E-state index contributed by atoms with van der Waals surface area (Å²) < 4.78 is 0. The highest BCUT2D eigenvalue weighted by molar-refractivity contribution is 6.30. The molecule has 6 heteroatoms. The number of piperazine rings is 1. The molecule has 1 saturated heterocycles. The van der Waals surface area contributed by atoms with E-state index in [1.807, 2.05) is 53.7 Å². The Balaban J connectivity index is 1.42. The van der Waals surface area contributed by atoms with Crippen LogP contribution in [0.3, 0.4) is 0 Å². The summed E-state index contributed by atoms with van der Waals surface area (Å²) in [5.74, 6) is 0. The van der Waals surface area contributed by atoms with Crippen LogP contribution in [0.1, 0.15) is 11.1 Å². The maximum absolute atomic E-state index is 12.3. The number of halogens is 1. The van der Waals surface area contributed by atoms with Crippen LogP contribution in [-0.2, 0) is 13.1 Å². The molecule has 126 valence electrons. The van der Waals surface area contributed by atoms with Crippen molar-refractivity contribution in [2.45, 2.75) is 13.1 Å². The third kappa shape index (κ3) is 4.69. The van der Waals surface area contributed by atoms with Gasteiger partial charge in [0.05, 0.1) is 0 Å². The number of benzene rings is 1. The van der Waals surface area contributed by atoms with Gasteiger partial charge in [-0.05, 0) is 35.4 Å². The van der Waals surface area contributed by atoms with Gasteiger partial charge in [-0.15, -0.1) is 0 Å². The lowest BCUT2D eigenvalue weighted by molar-refractivity contribution is 0.135. The summed E-state index contributed by atoms with van der Waals surface area (Å²) in [5.41, 5.74) is 2.30. The number of carbonyl (C=O) groups is 1. The van der Waals surface area contributed by atoms with Crippen molar-refractivity contribution in [1.29, 1.82) is 0 Å². The first-order valence-corrected chi connectivity index (χ1v) is 8.47. The average molecular weight is 345 g/mol. The van der Waals surface area contributed by atoms with Crippen LogP contribution >= 0.6 is 11.6 Å². The number of urea groups is 1. The molecule has 0 aliphatic carbocycles. The van der Waals surface area contributed by atoms with Gasteiger partial charge < -0.3 is 10.2 Å². The van der Waals surface area contributed by atoms with Crippen LogP contribution in [0, 0.1) is 0 Å². The maximum atomic E-state index is 12.3. The van der Waals surface area contributed by atoms with Crippen LogP contribution in [0.4, 0.5) is 4.79 Å². The van der Waals surface area contributed by atoms with Gasteiger partial charge in [-0.25, -0.2) is 4.79 Å². The summed E-state index contributed by atoms with van der Waals surface area (Å²) in [6.07, 6.45) is 3.63. The van der Waals surface area contributed by atoms with Gasteiger partial charge in [0.15, 0.2) is 0 Å². The molecule has 1 aliphatic rings. The average Bonchev–Trinajstić information content (AvgIpc) is 2.62. The molecule has 3 rings (SSSR count). The Labute approximate surface area is 147 Å². The minimum Gasteiger partial charge on any atom is -0.334 e. The molecule has 5 nitrogen and oxygen atoms in total. The van der Waals surface area contributed by atoms with Crippen LogP contribution < -0.4 is 5.32 Å². The number of amides is 2. The van der Waals surface area contributed by atoms with E-state index in [1.54, 1.807) is 0 Å². The van der Waals surface area contributed by atoms with Crippen LogP contribution in [0.15, 0.2) is 48.8 Å². The van der Waals surface area contributed by atoms with Crippen molar-refractivity contribution >= 4 is 17.6 Å². The number of carbonyl (C=O) groups excluding carboxylic acids is 1. The molecular formula is C18H21ClN4O. The Morgan fingerprint density at radius 2 is 1.67 bits per heavy atom. The molecule has 0 atom stereocenters. The van der Waals surface area contributed by atoms with Gasteiger partial charge in [-0.1, -0.05) is 23.7 Å². The van der Waals surface area contributed by atoms with Crippen molar-refractivity contribution in [3.05, 3.63) is 64.9 Å². The van der Waals surface area contributed by atoms with Gasteiger partial charge in [-0.2, -0.15) is 0 Å². The number of nitrogens with one attached hydrogen (secondary N) is 1. The summed E-state index contributed by atoms with van der Waals surface area (Å²) in [5, 5.41) is 3.67. The minimum atomic E-state index is -0.00601. The van der Waals surface area contributed by atoms with Crippen LogP contribution in [0.25, 0.3) is 0 Å². The van der Waals surface area contributed by atoms with Crippen molar-refractivity contribution in [1.82, 2.24) is 20.1 Å². The van der Waals surface area contributed by atoms with Crippen molar-refractivity contribution < 1.29 is 4.79 Å². The van der Waals surface area contributed by atoms with E-state index in [-0.39, 0.29) is 6.03 Å². The zero-order valence-corrected chi connectivity index (χ0v) is 14.2. The molecule has 1 aliphatic heterocycles. The summed E-state index contributed by atoms with van der Waals surface area (Å²) in [7, 11) is 0. The summed E-state index contributed by atoms with van der Waals surface area (Å²) in [6.45, 7) is 4.69. The highest BCUT2D eigenvalue weighted by Crippen LogP contribution is 2.10. The summed E-state index contributed by atoms with van der Waals surface area (Å²) in [6, 6.07) is 11.6. The van der Waals surface area contributed by atoms with E-state index in [2.05, 4.69) is 15.2 Å². The van der Waals surface area contributed by atoms with Crippen LogP contribution in [0.2, 0.25) is 5.02 Å². The first-order chi connectivity index (χ1) is 11.7. The first kappa shape index (κ1) is 16.7. The van der Waals surface area contributed by atoms with Crippen molar-refractivity contribution in [3.63, 3.8) is 0 Å². The molecule has 1 fully saturated rings. The molecule has 0 bridgehead atoms. The third-order valence-electron chi connectivity index (χ3n) is 4.17. The Kier molecular flexibility index (Phi) is 5.67. The Hall–Kier alpha value is -2.11. The lowest BCUT2D eigenvalue weighted by Crippen LogP contribution is -2.51. The second-order valence-electron chi connectivity index (χ2n) is 5.90. The monoisotopic (exact) mass is 344 g/mol. The van der Waals surface area contributed by atoms with Gasteiger partial charge in [0.1, 0.15) is 0 Å². The molecule has 1 aromatic carbocycles. The quantitative estimate of drug-likeness (QED) is 0.927. The normalized spacial score (nSPS) is 15.3. The third-order valence-corrected chi connectivity index (χ3v) is 4.42. The van der Waals surface area contributed by atoms with Crippen LogP contribution in [-0.4, -0.2) is 47.0 Å². The van der Waals surface area contributed by atoms with Gasteiger partial charge in [0.2, 0.25) is 0 Å². The molecule has 1 aromatic heterocycles. The first-order valence-electron chi connectivity index (χ1n) is 8.09. The topological polar surface area (TPSA) is 48.5 Å². The number of hydrogen-bond acceptors (Lipinski definition) is 3. The SMILES string of the molecule is O=C(NCc1ccc(Cl)cc1)N1CCN(Cc2ccncc2)CC1.